The molecule has 2 aromatic heterocycles. The van der Waals surface area contributed by atoms with E-state index in [-0.39, 0.29) is 23.9 Å². The summed E-state index contributed by atoms with van der Waals surface area (Å²) < 4.78 is 8.11. The number of benzene rings is 3. The first kappa shape index (κ1) is 48.0. The van der Waals surface area contributed by atoms with Crippen LogP contribution in [-0.2, 0) is 28.7 Å². The number of imidazole rings is 2. The molecule has 0 radical (unpaired) electrons. The van der Waals surface area contributed by atoms with Crippen molar-refractivity contribution in [3.05, 3.63) is 84.7 Å². The van der Waals surface area contributed by atoms with Gasteiger partial charge in [0.15, 0.2) is 0 Å². The number of aromatic nitrogens is 4. The van der Waals surface area contributed by atoms with Crippen LogP contribution >= 0.6 is 0 Å². The molecule has 61 heavy (non-hydrogen) atoms. The molecule has 1 unspecified atom stereocenters. The Morgan fingerprint density at radius 3 is 1.75 bits per heavy atom. The van der Waals surface area contributed by atoms with Crippen LogP contribution < -0.4 is 10.6 Å². The number of amides is 2. The summed E-state index contributed by atoms with van der Waals surface area (Å²) in [6, 6.07) is 21.4. The van der Waals surface area contributed by atoms with Gasteiger partial charge in [0.05, 0.1) is 49.0 Å². The fourth-order valence-corrected chi connectivity index (χ4v) is 7.67. The number of ether oxygens (including phenoxy) is 2. The Balaban J connectivity index is 0.000000472. The van der Waals surface area contributed by atoms with Gasteiger partial charge in [0.1, 0.15) is 24.0 Å². The number of carbonyl (C=O) groups excluding carboxylic acids is 4. The predicted octanol–water partition coefficient (Wildman–Crippen LogP) is 6.97. The van der Waals surface area contributed by atoms with E-state index in [0.29, 0.717) is 31.4 Å². The zero-order valence-corrected chi connectivity index (χ0v) is 37.1. The SMILES string of the molecule is CC(C)[C@H](NC=O)C(=O)N1CCC[C@H]1c1ncc(-c2ccc(-c3ccc4cc(-c5cnc([C@@H]6CCCN6C)[nH]5)ccc4c3)cc2)[nH]1.CNC(C=O)C(C)C.COC.COC=O. The molecule has 2 aliphatic rings. The van der Waals surface area contributed by atoms with E-state index in [2.05, 4.69) is 108 Å². The second-order valence-electron chi connectivity index (χ2n) is 16.0. The summed E-state index contributed by atoms with van der Waals surface area (Å²) in [6.07, 6.45) is 9.46. The second-order valence-corrected chi connectivity index (χ2v) is 16.0. The van der Waals surface area contributed by atoms with Crippen LogP contribution in [0.4, 0.5) is 0 Å². The third-order valence-corrected chi connectivity index (χ3v) is 11.0. The number of nitrogens with one attached hydrogen (secondary N) is 4. The van der Waals surface area contributed by atoms with Gasteiger partial charge in [-0.05, 0) is 97.8 Å². The van der Waals surface area contributed by atoms with E-state index in [1.54, 1.807) is 21.3 Å². The van der Waals surface area contributed by atoms with Crippen molar-refractivity contribution >= 4 is 35.8 Å². The normalized spacial score (nSPS) is 17.0. The highest BCUT2D eigenvalue weighted by Crippen LogP contribution is 2.34. The lowest BCUT2D eigenvalue weighted by Crippen LogP contribution is -2.48. The lowest BCUT2D eigenvalue weighted by Gasteiger charge is -2.29. The quantitative estimate of drug-likeness (QED) is 0.0908. The first-order valence-electron chi connectivity index (χ1n) is 20.9. The Morgan fingerprint density at radius 2 is 1.26 bits per heavy atom. The minimum atomic E-state index is -0.537. The number of methoxy groups -OCH3 is 2. The van der Waals surface area contributed by atoms with Crippen LogP contribution in [0, 0.1) is 11.8 Å². The van der Waals surface area contributed by atoms with E-state index in [9.17, 15) is 14.4 Å². The van der Waals surface area contributed by atoms with Gasteiger partial charge in [-0.3, -0.25) is 19.3 Å². The van der Waals surface area contributed by atoms with Gasteiger partial charge in [0.25, 0.3) is 6.47 Å². The Labute approximate surface area is 360 Å². The lowest BCUT2D eigenvalue weighted by molar-refractivity contribution is -0.137. The molecule has 14 heteroatoms. The van der Waals surface area contributed by atoms with Crippen molar-refractivity contribution in [2.45, 2.75) is 77.5 Å². The van der Waals surface area contributed by atoms with E-state index in [0.717, 1.165) is 77.4 Å². The number of fused-ring (bicyclic) bond motifs is 1. The minimum Gasteiger partial charge on any atom is -0.471 e. The van der Waals surface area contributed by atoms with Crippen LogP contribution in [0.5, 0.6) is 0 Å². The summed E-state index contributed by atoms with van der Waals surface area (Å²) in [7, 11) is 8.52. The zero-order valence-electron chi connectivity index (χ0n) is 37.1. The van der Waals surface area contributed by atoms with Crippen molar-refractivity contribution in [2.24, 2.45) is 11.8 Å². The van der Waals surface area contributed by atoms with Crippen LogP contribution in [0.1, 0.15) is 77.1 Å². The minimum absolute atomic E-state index is 0.00363. The average Bonchev–Trinajstić information content (AvgIpc) is 4.11. The monoisotopic (exact) mass is 836 g/mol. The molecule has 3 aromatic carbocycles. The number of nitrogens with zero attached hydrogens (tertiary/aromatic N) is 4. The standard InChI is InChI=1S/C37H41N7O2.C6H13NO.C2H4O2.C2H6O/c1-23(2)34(40-22-45)37(46)44-17-5-7-33(44)36-39-20-30(41-36)25-10-8-24(9-11-25)26-12-13-28-19-29(15-14-27(28)18-26)31-21-38-35(42-31)32-6-4-16-43(32)3;1-5(2)6(4-8)7-3;1-4-2-3;1-3-2/h8-15,18-23,32-34H,4-7,16-17H2,1-3H3,(H,38,42)(H,39,41)(H,40,45);4-7H,1-3H3;2H,1H3;1-2H3/t32-,33-,34-;;;/m0.../s1. The maximum absolute atomic E-state index is 13.3. The number of rotatable bonds is 13. The van der Waals surface area contributed by atoms with Crippen LogP contribution in [0.25, 0.3) is 44.4 Å². The topological polar surface area (TPSA) is 175 Å². The molecule has 328 valence electrons. The van der Waals surface area contributed by atoms with Gasteiger partial charge in [0.2, 0.25) is 12.3 Å². The van der Waals surface area contributed by atoms with Crippen LogP contribution in [-0.4, -0.2) is 115 Å². The number of aromatic amines is 2. The third kappa shape index (κ3) is 12.7. The van der Waals surface area contributed by atoms with Crippen molar-refractivity contribution < 1.29 is 28.7 Å². The van der Waals surface area contributed by atoms with Gasteiger partial charge in [-0.1, -0.05) is 76.2 Å². The first-order chi connectivity index (χ1) is 29.4. The molecule has 2 amide bonds. The molecule has 5 aromatic rings. The van der Waals surface area contributed by atoms with E-state index >= 15 is 0 Å². The maximum atomic E-state index is 13.3. The van der Waals surface area contributed by atoms with Gasteiger partial charge < -0.3 is 39.8 Å². The molecule has 0 bridgehead atoms. The van der Waals surface area contributed by atoms with E-state index < -0.39 is 6.04 Å². The number of carbonyl (C=O) groups is 4. The molecule has 14 nitrogen and oxygen atoms in total. The smallest absolute Gasteiger partial charge is 0.292 e. The molecule has 4 heterocycles. The van der Waals surface area contributed by atoms with Gasteiger partial charge in [-0.15, -0.1) is 0 Å². The molecular formula is C47H64N8O6. The van der Waals surface area contributed by atoms with Gasteiger partial charge in [-0.25, -0.2) is 9.97 Å². The fourth-order valence-electron chi connectivity index (χ4n) is 7.67. The van der Waals surface area contributed by atoms with Crippen molar-refractivity contribution in [3.8, 4) is 33.6 Å². The van der Waals surface area contributed by atoms with E-state index in [1.807, 2.05) is 45.0 Å². The van der Waals surface area contributed by atoms with E-state index in [1.165, 1.54) is 24.3 Å². The molecule has 2 fully saturated rings. The summed E-state index contributed by atoms with van der Waals surface area (Å²) in [4.78, 5) is 64.1. The van der Waals surface area contributed by atoms with Gasteiger partial charge >= 0.3 is 0 Å². The average molecular weight is 837 g/mol. The molecule has 0 spiro atoms. The number of aldehydes is 1. The first-order valence-corrected chi connectivity index (χ1v) is 20.9. The summed E-state index contributed by atoms with van der Waals surface area (Å²) >= 11 is 0. The molecule has 0 aliphatic carbocycles. The molecule has 2 saturated heterocycles. The van der Waals surface area contributed by atoms with Crippen LogP contribution in [0.2, 0.25) is 0 Å². The molecule has 2 aliphatic heterocycles. The lowest BCUT2D eigenvalue weighted by atomic mass is 9.98. The molecule has 7 rings (SSSR count). The largest absolute Gasteiger partial charge is 0.471 e. The van der Waals surface area contributed by atoms with Gasteiger partial charge in [0, 0.05) is 26.3 Å². The highest BCUT2D eigenvalue weighted by Gasteiger charge is 2.36. The number of likely N-dealkylation sites (tertiary alicyclic amines) is 2. The fraction of sp³-hybridized carbons (Fsp3) is 0.447. The Hall–Kier alpha value is -5.70. The summed E-state index contributed by atoms with van der Waals surface area (Å²) in [6.45, 7) is 10.1. The van der Waals surface area contributed by atoms with Crippen LogP contribution in [0.15, 0.2) is 73.1 Å². The molecule has 0 saturated carbocycles. The number of hydrogen-bond acceptors (Lipinski definition) is 10. The van der Waals surface area contributed by atoms with Crippen molar-refractivity contribution in [1.29, 1.82) is 0 Å². The molecular weight excluding hydrogens is 773 g/mol. The highest BCUT2D eigenvalue weighted by molar-refractivity contribution is 5.90. The Morgan fingerprint density at radius 1 is 0.754 bits per heavy atom. The summed E-state index contributed by atoms with van der Waals surface area (Å²) in [5.41, 5.74) is 6.46. The summed E-state index contributed by atoms with van der Waals surface area (Å²) in [5.74, 6) is 2.19. The molecule has 4 atom stereocenters. The van der Waals surface area contributed by atoms with Crippen molar-refractivity contribution in [2.75, 3.05) is 48.5 Å². The number of hydrogen-bond donors (Lipinski definition) is 4. The Bertz CT molecular complexity index is 2130. The molecule has 4 N–H and O–H groups in total. The second kappa shape index (κ2) is 23.9. The third-order valence-electron chi connectivity index (χ3n) is 11.0. The van der Waals surface area contributed by atoms with Crippen molar-refractivity contribution in [3.63, 3.8) is 0 Å². The number of H-pyrrole nitrogens is 2. The summed E-state index contributed by atoms with van der Waals surface area (Å²) in [5, 5.41) is 7.97. The van der Waals surface area contributed by atoms with E-state index in [4.69, 9.17) is 9.78 Å². The predicted molar refractivity (Wildman–Crippen MR) is 240 cm³/mol. The number of likely N-dealkylation sites (N-methyl/N-ethyl adjacent to an activating group) is 1. The van der Waals surface area contributed by atoms with Gasteiger partial charge in [-0.2, -0.15) is 0 Å². The van der Waals surface area contributed by atoms with Crippen molar-refractivity contribution in [1.82, 2.24) is 40.4 Å². The highest BCUT2D eigenvalue weighted by atomic mass is 16.5. The van der Waals surface area contributed by atoms with Crippen LogP contribution in [0.3, 0.4) is 0 Å². The Kier molecular flexibility index (Phi) is 18.8. The zero-order chi connectivity index (χ0) is 44.5. The maximum Gasteiger partial charge on any atom is 0.292 e.